The van der Waals surface area contributed by atoms with E-state index in [1.54, 1.807) is 0 Å². The third-order valence-corrected chi connectivity index (χ3v) is 4.20. The molecule has 2 fully saturated rings. The Morgan fingerprint density at radius 2 is 1.87 bits per heavy atom. The summed E-state index contributed by atoms with van der Waals surface area (Å²) < 4.78 is 0. The first-order valence-electron chi connectivity index (χ1n) is 6.17. The normalized spacial score (nSPS) is 31.7. The number of likely N-dealkylation sites (tertiary alicyclic amines) is 1. The highest BCUT2D eigenvalue weighted by atomic mass is 16.4. The van der Waals surface area contributed by atoms with Crippen LogP contribution in [0.1, 0.15) is 51.9 Å². The summed E-state index contributed by atoms with van der Waals surface area (Å²) in [7, 11) is 0. The second-order valence-corrected chi connectivity index (χ2v) is 5.08. The Labute approximate surface area is 91.5 Å². The number of aliphatic carboxylic acids is 1. The Kier molecular flexibility index (Phi) is 3.01. The Balaban J connectivity index is 2.17. The molecular weight excluding hydrogens is 190 g/mol. The van der Waals surface area contributed by atoms with Crippen LogP contribution in [0, 0.1) is 0 Å². The third-order valence-electron chi connectivity index (χ3n) is 4.20. The minimum atomic E-state index is -0.587. The summed E-state index contributed by atoms with van der Waals surface area (Å²) in [6.07, 6.45) is 7.44. The molecule has 0 aromatic rings. The first-order valence-corrected chi connectivity index (χ1v) is 6.17. The van der Waals surface area contributed by atoms with Gasteiger partial charge in [0.05, 0.1) is 0 Å². The monoisotopic (exact) mass is 211 g/mol. The van der Waals surface area contributed by atoms with Crippen molar-refractivity contribution in [2.45, 2.75) is 63.5 Å². The number of hydrogen-bond acceptors (Lipinski definition) is 2. The maximum absolute atomic E-state index is 11.6. The molecule has 1 N–H and O–H groups in total. The van der Waals surface area contributed by atoms with Crippen LogP contribution in [0.15, 0.2) is 0 Å². The Morgan fingerprint density at radius 3 is 2.20 bits per heavy atom. The largest absolute Gasteiger partial charge is 0.480 e. The van der Waals surface area contributed by atoms with Crippen molar-refractivity contribution in [2.24, 2.45) is 0 Å². The Morgan fingerprint density at radius 1 is 1.27 bits per heavy atom. The van der Waals surface area contributed by atoms with Crippen molar-refractivity contribution in [1.29, 1.82) is 0 Å². The van der Waals surface area contributed by atoms with Crippen LogP contribution in [0.5, 0.6) is 0 Å². The van der Waals surface area contributed by atoms with Crippen LogP contribution >= 0.6 is 0 Å². The van der Waals surface area contributed by atoms with E-state index < -0.39 is 11.5 Å². The molecule has 1 heterocycles. The van der Waals surface area contributed by atoms with E-state index in [1.165, 1.54) is 12.8 Å². The van der Waals surface area contributed by atoms with Crippen molar-refractivity contribution < 1.29 is 9.90 Å². The molecule has 1 aliphatic heterocycles. The molecule has 3 nitrogen and oxygen atoms in total. The molecular formula is C12H21NO2. The van der Waals surface area contributed by atoms with Crippen LogP contribution in [0.4, 0.5) is 0 Å². The Bertz CT molecular complexity index is 244. The topological polar surface area (TPSA) is 40.5 Å². The average molecular weight is 211 g/mol. The third kappa shape index (κ3) is 1.78. The minimum absolute atomic E-state index is 0.471. The highest BCUT2D eigenvalue weighted by molar-refractivity contribution is 5.79. The van der Waals surface area contributed by atoms with Gasteiger partial charge in [0.15, 0.2) is 0 Å². The zero-order chi connectivity index (χ0) is 10.9. The van der Waals surface area contributed by atoms with Crippen LogP contribution in [0.3, 0.4) is 0 Å². The van der Waals surface area contributed by atoms with Gasteiger partial charge in [0, 0.05) is 12.6 Å². The number of carboxylic acids is 1. The fraction of sp³-hybridized carbons (Fsp3) is 0.917. The predicted octanol–water partition coefficient (Wildman–Crippen LogP) is 2.26. The molecule has 15 heavy (non-hydrogen) atoms. The van der Waals surface area contributed by atoms with E-state index in [0.29, 0.717) is 6.04 Å². The van der Waals surface area contributed by atoms with Crippen molar-refractivity contribution in [3.05, 3.63) is 0 Å². The standard InChI is InChI=1S/C12H21NO2/c1-10-6-9-13(10)12(11(14)15)7-4-2-3-5-8-12/h10H,2-9H2,1H3,(H,14,15). The summed E-state index contributed by atoms with van der Waals surface area (Å²) in [5, 5.41) is 9.53. The molecule has 3 heteroatoms. The van der Waals surface area contributed by atoms with Crippen molar-refractivity contribution in [3.63, 3.8) is 0 Å². The summed E-state index contributed by atoms with van der Waals surface area (Å²) in [6, 6.07) is 0.471. The average Bonchev–Trinajstić information content (AvgIpc) is 2.42. The van der Waals surface area contributed by atoms with E-state index in [1.807, 2.05) is 0 Å². The lowest BCUT2D eigenvalue weighted by molar-refractivity contribution is -0.160. The van der Waals surface area contributed by atoms with Crippen molar-refractivity contribution >= 4 is 5.97 Å². The van der Waals surface area contributed by atoms with Crippen LogP contribution in [0.25, 0.3) is 0 Å². The van der Waals surface area contributed by atoms with Crippen LogP contribution in [-0.2, 0) is 4.79 Å². The van der Waals surface area contributed by atoms with Gasteiger partial charge in [-0.3, -0.25) is 9.69 Å². The van der Waals surface area contributed by atoms with Crippen LogP contribution in [-0.4, -0.2) is 34.1 Å². The minimum Gasteiger partial charge on any atom is -0.480 e. The van der Waals surface area contributed by atoms with Gasteiger partial charge in [0.1, 0.15) is 5.54 Å². The Hall–Kier alpha value is -0.570. The molecule has 1 saturated heterocycles. The molecule has 1 aliphatic carbocycles. The molecule has 0 amide bonds. The van der Waals surface area contributed by atoms with Gasteiger partial charge in [-0.05, 0) is 26.2 Å². The molecule has 86 valence electrons. The summed E-state index contributed by atoms with van der Waals surface area (Å²) in [5.41, 5.74) is -0.520. The second-order valence-electron chi connectivity index (χ2n) is 5.08. The summed E-state index contributed by atoms with van der Waals surface area (Å²) in [4.78, 5) is 13.8. The molecule has 2 rings (SSSR count). The lowest BCUT2D eigenvalue weighted by atomic mass is 9.83. The highest BCUT2D eigenvalue weighted by Gasteiger charge is 2.48. The van der Waals surface area contributed by atoms with Gasteiger partial charge in [0.2, 0.25) is 0 Å². The molecule has 0 radical (unpaired) electrons. The summed E-state index contributed by atoms with van der Waals surface area (Å²) >= 11 is 0. The molecule has 0 spiro atoms. The molecule has 0 bridgehead atoms. The smallest absolute Gasteiger partial charge is 0.324 e. The molecule has 1 unspecified atom stereocenters. The van der Waals surface area contributed by atoms with Crippen molar-refractivity contribution in [3.8, 4) is 0 Å². The first-order chi connectivity index (χ1) is 7.17. The maximum atomic E-state index is 11.6. The van der Waals surface area contributed by atoms with Gasteiger partial charge in [-0.1, -0.05) is 25.7 Å². The number of hydrogen-bond donors (Lipinski definition) is 1. The number of nitrogens with zero attached hydrogens (tertiary/aromatic N) is 1. The predicted molar refractivity (Wildman–Crippen MR) is 58.9 cm³/mol. The fourth-order valence-electron chi connectivity index (χ4n) is 3.09. The number of carbonyl (C=O) groups is 1. The molecule has 1 saturated carbocycles. The zero-order valence-corrected chi connectivity index (χ0v) is 9.54. The van der Waals surface area contributed by atoms with Crippen molar-refractivity contribution in [2.75, 3.05) is 6.54 Å². The molecule has 0 aromatic heterocycles. The lowest BCUT2D eigenvalue weighted by Crippen LogP contribution is -2.63. The van der Waals surface area contributed by atoms with Gasteiger partial charge in [-0.2, -0.15) is 0 Å². The van der Waals surface area contributed by atoms with Gasteiger partial charge in [-0.15, -0.1) is 0 Å². The molecule has 1 atom stereocenters. The van der Waals surface area contributed by atoms with E-state index >= 15 is 0 Å². The molecule has 0 aromatic carbocycles. The van der Waals surface area contributed by atoms with E-state index in [2.05, 4.69) is 11.8 Å². The first kappa shape index (κ1) is 10.9. The van der Waals surface area contributed by atoms with Crippen molar-refractivity contribution in [1.82, 2.24) is 4.90 Å². The van der Waals surface area contributed by atoms with Crippen LogP contribution < -0.4 is 0 Å². The highest BCUT2D eigenvalue weighted by Crippen LogP contribution is 2.38. The van der Waals surface area contributed by atoms with E-state index in [0.717, 1.165) is 38.6 Å². The van der Waals surface area contributed by atoms with Gasteiger partial charge < -0.3 is 5.11 Å². The lowest BCUT2D eigenvalue weighted by Gasteiger charge is -2.50. The maximum Gasteiger partial charge on any atom is 0.324 e. The second kappa shape index (κ2) is 4.12. The molecule has 2 aliphatic rings. The van der Waals surface area contributed by atoms with Gasteiger partial charge in [-0.25, -0.2) is 0 Å². The van der Waals surface area contributed by atoms with E-state index in [9.17, 15) is 9.90 Å². The fourth-order valence-corrected chi connectivity index (χ4v) is 3.09. The summed E-state index contributed by atoms with van der Waals surface area (Å²) in [5.74, 6) is -0.587. The van der Waals surface area contributed by atoms with Gasteiger partial charge >= 0.3 is 5.97 Å². The number of carboxylic acid groups (broad SMARTS) is 1. The van der Waals surface area contributed by atoms with Crippen LogP contribution in [0.2, 0.25) is 0 Å². The van der Waals surface area contributed by atoms with E-state index in [4.69, 9.17) is 0 Å². The zero-order valence-electron chi connectivity index (χ0n) is 9.54. The number of rotatable bonds is 2. The summed E-state index contributed by atoms with van der Waals surface area (Å²) in [6.45, 7) is 3.13. The quantitative estimate of drug-likeness (QED) is 0.712. The van der Waals surface area contributed by atoms with E-state index in [-0.39, 0.29) is 0 Å². The van der Waals surface area contributed by atoms with Gasteiger partial charge in [0.25, 0.3) is 0 Å². The SMILES string of the molecule is CC1CCN1C1(C(=O)O)CCCCCC1.